The number of aromatic nitrogens is 2. The summed E-state index contributed by atoms with van der Waals surface area (Å²) in [5, 5.41) is 7.62. The van der Waals surface area contributed by atoms with Crippen molar-refractivity contribution in [2.24, 2.45) is 0 Å². The number of nitrogens with one attached hydrogen (secondary N) is 1. The molecule has 0 saturated carbocycles. The smallest absolute Gasteiger partial charge is 0.244 e. The number of nitrogens with zero attached hydrogens (tertiary/aromatic N) is 2. The summed E-state index contributed by atoms with van der Waals surface area (Å²) in [6.45, 7) is 0.440. The number of hydrogen-bond donors (Lipinski definition) is 1. The molecule has 0 aliphatic rings. The molecule has 0 radical (unpaired) electrons. The lowest BCUT2D eigenvalue weighted by molar-refractivity contribution is -0.116. The Morgan fingerprint density at radius 2 is 2.08 bits per heavy atom. The van der Waals surface area contributed by atoms with Gasteiger partial charge in [0.2, 0.25) is 5.91 Å². The highest BCUT2D eigenvalue weighted by Crippen LogP contribution is 2.23. The van der Waals surface area contributed by atoms with Crippen molar-refractivity contribution >= 4 is 23.6 Å². The second-order valence-corrected chi connectivity index (χ2v) is 5.99. The van der Waals surface area contributed by atoms with Crippen molar-refractivity contribution in [1.82, 2.24) is 15.1 Å². The number of rotatable bonds is 6. The van der Waals surface area contributed by atoms with Gasteiger partial charge in [-0.15, -0.1) is 0 Å². The molecular weight excluding hydrogens is 350 g/mol. The highest BCUT2D eigenvalue weighted by atomic mass is 35.5. The molecule has 1 N–H and O–H groups in total. The molecule has 3 aromatic rings. The zero-order valence-corrected chi connectivity index (χ0v) is 15.0. The van der Waals surface area contributed by atoms with Gasteiger partial charge < -0.3 is 10.1 Å². The first kappa shape index (κ1) is 17.8. The highest BCUT2D eigenvalue weighted by molar-refractivity contribution is 6.30. The number of ether oxygens (including phenoxy) is 1. The molecule has 0 saturated heterocycles. The Bertz CT molecular complexity index is 903. The molecule has 6 heteroatoms. The van der Waals surface area contributed by atoms with Crippen molar-refractivity contribution < 1.29 is 9.53 Å². The van der Waals surface area contributed by atoms with E-state index in [9.17, 15) is 4.79 Å². The van der Waals surface area contributed by atoms with Gasteiger partial charge in [0.25, 0.3) is 0 Å². The fourth-order valence-corrected chi connectivity index (χ4v) is 2.62. The molecule has 132 valence electrons. The van der Waals surface area contributed by atoms with Gasteiger partial charge in [0, 0.05) is 35.6 Å². The van der Waals surface area contributed by atoms with E-state index in [0.717, 1.165) is 16.8 Å². The van der Waals surface area contributed by atoms with Crippen LogP contribution in [0.1, 0.15) is 11.1 Å². The maximum Gasteiger partial charge on any atom is 0.244 e. The number of amides is 1. The van der Waals surface area contributed by atoms with Gasteiger partial charge in [0.05, 0.1) is 12.8 Å². The maximum absolute atomic E-state index is 12.0. The highest BCUT2D eigenvalue weighted by Gasteiger charge is 2.03. The number of benzene rings is 2. The number of halogens is 1. The van der Waals surface area contributed by atoms with E-state index >= 15 is 0 Å². The van der Waals surface area contributed by atoms with Crippen LogP contribution < -0.4 is 10.1 Å². The van der Waals surface area contributed by atoms with Gasteiger partial charge in [-0.2, -0.15) is 5.10 Å². The van der Waals surface area contributed by atoms with E-state index in [0.29, 0.717) is 17.3 Å². The van der Waals surface area contributed by atoms with Crippen molar-refractivity contribution in [3.05, 3.63) is 83.2 Å². The van der Waals surface area contributed by atoms with Crippen LogP contribution in [0, 0.1) is 0 Å². The molecular formula is C20H18ClN3O2. The molecule has 3 rings (SSSR count). The third-order valence-corrected chi connectivity index (χ3v) is 4.01. The average Bonchev–Trinajstić information content (AvgIpc) is 3.20. The van der Waals surface area contributed by atoms with Crippen LogP contribution in [-0.2, 0) is 11.3 Å². The van der Waals surface area contributed by atoms with Crippen molar-refractivity contribution in [2.45, 2.75) is 6.54 Å². The quantitative estimate of drug-likeness (QED) is 0.673. The number of methoxy groups -OCH3 is 1. The Morgan fingerprint density at radius 3 is 2.77 bits per heavy atom. The summed E-state index contributed by atoms with van der Waals surface area (Å²) in [5.41, 5.74) is 2.72. The molecule has 1 amide bonds. The zero-order chi connectivity index (χ0) is 18.4. The summed E-state index contributed by atoms with van der Waals surface area (Å²) in [4.78, 5) is 12.0. The summed E-state index contributed by atoms with van der Waals surface area (Å²) < 4.78 is 7.04. The van der Waals surface area contributed by atoms with Crippen LogP contribution >= 0.6 is 11.6 Å². The van der Waals surface area contributed by atoms with E-state index in [1.54, 1.807) is 42.3 Å². The Balaban J connectivity index is 1.58. The molecule has 0 fully saturated rings. The predicted molar refractivity (Wildman–Crippen MR) is 102 cm³/mol. The van der Waals surface area contributed by atoms with Gasteiger partial charge in [0.15, 0.2) is 0 Å². The molecule has 5 nitrogen and oxygen atoms in total. The molecule has 0 aliphatic carbocycles. The van der Waals surface area contributed by atoms with E-state index in [4.69, 9.17) is 16.3 Å². The Labute approximate surface area is 156 Å². The molecule has 1 aromatic heterocycles. The number of hydrogen-bond acceptors (Lipinski definition) is 3. The van der Waals surface area contributed by atoms with Gasteiger partial charge in [-0.1, -0.05) is 23.7 Å². The minimum absolute atomic E-state index is 0.191. The molecule has 0 unspecified atom stereocenters. The van der Waals surface area contributed by atoms with E-state index in [1.807, 2.05) is 36.5 Å². The van der Waals surface area contributed by atoms with Crippen LogP contribution in [0.15, 0.2) is 67.0 Å². The third kappa shape index (κ3) is 4.52. The largest absolute Gasteiger partial charge is 0.496 e. The Hall–Kier alpha value is -3.05. The van der Waals surface area contributed by atoms with Crippen molar-refractivity contribution in [3.8, 4) is 11.4 Å². The predicted octanol–water partition coefficient (Wildman–Crippen LogP) is 3.86. The van der Waals surface area contributed by atoms with Crippen molar-refractivity contribution in [3.63, 3.8) is 0 Å². The summed E-state index contributed by atoms with van der Waals surface area (Å²) in [7, 11) is 1.58. The van der Waals surface area contributed by atoms with E-state index in [-0.39, 0.29) is 5.91 Å². The first-order chi connectivity index (χ1) is 12.7. The fourth-order valence-electron chi connectivity index (χ4n) is 2.44. The van der Waals surface area contributed by atoms with Gasteiger partial charge in [-0.05, 0) is 48.0 Å². The van der Waals surface area contributed by atoms with Crippen LogP contribution in [0.5, 0.6) is 5.75 Å². The lowest BCUT2D eigenvalue weighted by Gasteiger charge is -2.06. The van der Waals surface area contributed by atoms with Crippen molar-refractivity contribution in [2.75, 3.05) is 7.11 Å². The molecule has 1 heterocycles. The van der Waals surface area contributed by atoms with Gasteiger partial charge in [-0.3, -0.25) is 4.79 Å². The summed E-state index contributed by atoms with van der Waals surface area (Å²) in [5.74, 6) is 0.468. The third-order valence-electron chi connectivity index (χ3n) is 3.78. The molecule has 2 aromatic carbocycles. The lowest BCUT2D eigenvalue weighted by Crippen LogP contribution is -2.20. The molecule has 0 aliphatic heterocycles. The fraction of sp³-hybridized carbons (Fsp3) is 0.100. The lowest BCUT2D eigenvalue weighted by atomic mass is 10.2. The summed E-state index contributed by atoms with van der Waals surface area (Å²) >= 11 is 5.98. The minimum atomic E-state index is -0.191. The van der Waals surface area contributed by atoms with Crippen LogP contribution in [-0.4, -0.2) is 22.8 Å². The van der Waals surface area contributed by atoms with E-state index < -0.39 is 0 Å². The van der Waals surface area contributed by atoms with Gasteiger partial charge in [-0.25, -0.2) is 4.68 Å². The SMILES string of the molecule is COc1ccc(Cl)cc1/C=C/C(=O)NCc1ccc(-n2cccn2)cc1. The van der Waals surface area contributed by atoms with Gasteiger partial charge in [0.1, 0.15) is 5.75 Å². The number of carbonyl (C=O) groups excluding carboxylic acids is 1. The first-order valence-electron chi connectivity index (χ1n) is 8.04. The van der Waals surface area contributed by atoms with Crippen molar-refractivity contribution in [1.29, 1.82) is 0 Å². The normalized spacial score (nSPS) is 10.8. The zero-order valence-electron chi connectivity index (χ0n) is 14.2. The average molecular weight is 368 g/mol. The monoisotopic (exact) mass is 367 g/mol. The van der Waals surface area contributed by atoms with Crippen LogP contribution in [0.4, 0.5) is 0 Å². The van der Waals surface area contributed by atoms with Crippen LogP contribution in [0.3, 0.4) is 0 Å². The van der Waals surface area contributed by atoms with Crippen LogP contribution in [0.2, 0.25) is 5.02 Å². The topological polar surface area (TPSA) is 56.1 Å². The molecule has 0 spiro atoms. The summed E-state index contributed by atoms with van der Waals surface area (Å²) in [6, 6.07) is 15.0. The Kier molecular flexibility index (Phi) is 5.71. The second kappa shape index (κ2) is 8.36. The van der Waals surface area contributed by atoms with E-state index in [1.165, 1.54) is 6.08 Å². The molecule has 26 heavy (non-hydrogen) atoms. The number of carbonyl (C=O) groups is 1. The Morgan fingerprint density at radius 1 is 1.27 bits per heavy atom. The minimum Gasteiger partial charge on any atom is -0.496 e. The maximum atomic E-state index is 12.0. The second-order valence-electron chi connectivity index (χ2n) is 5.55. The molecule has 0 bridgehead atoms. The molecule has 0 atom stereocenters. The van der Waals surface area contributed by atoms with Gasteiger partial charge >= 0.3 is 0 Å². The van der Waals surface area contributed by atoms with E-state index in [2.05, 4.69) is 10.4 Å². The van der Waals surface area contributed by atoms with Crippen LogP contribution in [0.25, 0.3) is 11.8 Å². The first-order valence-corrected chi connectivity index (χ1v) is 8.42. The standard InChI is InChI=1S/C20H18ClN3O2/c1-26-19-9-6-17(21)13-16(19)5-10-20(25)22-14-15-3-7-18(8-4-15)24-12-2-11-23-24/h2-13H,14H2,1H3,(H,22,25)/b10-5+. The summed E-state index contributed by atoms with van der Waals surface area (Å²) in [6.07, 6.45) is 6.76.